The zero-order chi connectivity index (χ0) is 13.2. The molecule has 0 saturated heterocycles. The van der Waals surface area contributed by atoms with Crippen molar-refractivity contribution in [2.45, 2.75) is 38.6 Å². The van der Waals surface area contributed by atoms with Crippen molar-refractivity contribution in [1.82, 2.24) is 15.5 Å². The van der Waals surface area contributed by atoms with Crippen molar-refractivity contribution in [1.29, 1.82) is 0 Å². The minimum Gasteiger partial charge on any atom is -0.463 e. The number of hydrogen-bond acceptors (Lipinski definition) is 3. The van der Waals surface area contributed by atoms with Crippen LogP contribution >= 0.6 is 0 Å². The summed E-state index contributed by atoms with van der Waals surface area (Å²) in [6.45, 7) is 1.85. The molecule has 0 radical (unpaired) electrons. The van der Waals surface area contributed by atoms with E-state index < -0.39 is 0 Å². The van der Waals surface area contributed by atoms with E-state index in [0.29, 0.717) is 23.1 Å². The van der Waals surface area contributed by atoms with E-state index in [0.717, 1.165) is 18.5 Å². The maximum Gasteiger partial charge on any atom is 0.255 e. The maximum absolute atomic E-state index is 12.4. The van der Waals surface area contributed by atoms with E-state index in [9.17, 15) is 4.79 Å². The fourth-order valence-electron chi connectivity index (χ4n) is 2.63. The molecule has 1 fully saturated rings. The van der Waals surface area contributed by atoms with E-state index in [-0.39, 0.29) is 5.91 Å². The number of nitrogens with zero attached hydrogens (tertiary/aromatic N) is 1. The summed E-state index contributed by atoms with van der Waals surface area (Å²) in [5, 5.41) is 10.1. The number of rotatable bonds is 3. The van der Waals surface area contributed by atoms with Crippen LogP contribution in [-0.2, 0) is 0 Å². The van der Waals surface area contributed by atoms with Crippen LogP contribution in [0.15, 0.2) is 22.8 Å². The first kappa shape index (κ1) is 12.0. The van der Waals surface area contributed by atoms with Crippen molar-refractivity contribution in [3.63, 3.8) is 0 Å². The highest BCUT2D eigenvalue weighted by Gasteiger charge is 2.24. The fourth-order valence-corrected chi connectivity index (χ4v) is 2.63. The van der Waals surface area contributed by atoms with Gasteiger partial charge in [0.05, 0.1) is 11.8 Å². The van der Waals surface area contributed by atoms with Crippen molar-refractivity contribution < 1.29 is 9.21 Å². The Labute approximate surface area is 111 Å². The van der Waals surface area contributed by atoms with Gasteiger partial charge in [0.1, 0.15) is 5.69 Å². The summed E-state index contributed by atoms with van der Waals surface area (Å²) in [6, 6.07) is 3.89. The highest BCUT2D eigenvalue weighted by atomic mass is 16.3. The number of hydrogen-bond donors (Lipinski definition) is 2. The van der Waals surface area contributed by atoms with Crippen LogP contribution in [0, 0.1) is 6.92 Å². The molecule has 19 heavy (non-hydrogen) atoms. The Kier molecular flexibility index (Phi) is 3.11. The molecule has 5 nitrogen and oxygen atoms in total. The summed E-state index contributed by atoms with van der Waals surface area (Å²) in [4.78, 5) is 12.4. The van der Waals surface area contributed by atoms with Gasteiger partial charge < -0.3 is 9.73 Å². The molecule has 1 aliphatic rings. The van der Waals surface area contributed by atoms with Gasteiger partial charge in [-0.1, -0.05) is 12.8 Å². The number of aromatic amines is 1. The maximum atomic E-state index is 12.4. The van der Waals surface area contributed by atoms with E-state index in [4.69, 9.17) is 4.42 Å². The Balaban J connectivity index is 1.87. The predicted octanol–water partition coefficient (Wildman–Crippen LogP) is 2.65. The van der Waals surface area contributed by atoms with Gasteiger partial charge in [-0.2, -0.15) is 5.10 Å². The van der Waals surface area contributed by atoms with Gasteiger partial charge in [0.15, 0.2) is 5.76 Å². The van der Waals surface area contributed by atoms with E-state index in [2.05, 4.69) is 15.5 Å². The second-order valence-corrected chi connectivity index (χ2v) is 5.00. The highest BCUT2D eigenvalue weighted by molar-refractivity contribution is 6.00. The molecule has 1 amide bonds. The summed E-state index contributed by atoms with van der Waals surface area (Å²) < 4.78 is 5.33. The smallest absolute Gasteiger partial charge is 0.255 e. The van der Waals surface area contributed by atoms with Gasteiger partial charge in [-0.25, -0.2) is 0 Å². The van der Waals surface area contributed by atoms with Crippen molar-refractivity contribution >= 4 is 5.91 Å². The Hall–Kier alpha value is -2.04. The van der Waals surface area contributed by atoms with Crippen LogP contribution in [0.2, 0.25) is 0 Å². The number of nitrogens with one attached hydrogen (secondary N) is 2. The SMILES string of the molecule is Cc1[nH]nc(-c2ccco2)c1C(=O)NC1CCCC1. The monoisotopic (exact) mass is 259 g/mol. The second kappa shape index (κ2) is 4.91. The second-order valence-electron chi connectivity index (χ2n) is 5.00. The molecule has 0 spiro atoms. The van der Waals surface area contributed by atoms with Crippen molar-refractivity contribution in [2.75, 3.05) is 0 Å². The van der Waals surface area contributed by atoms with Crippen molar-refractivity contribution in [3.05, 3.63) is 29.7 Å². The molecule has 2 aromatic heterocycles. The summed E-state index contributed by atoms with van der Waals surface area (Å²) in [5.74, 6) is 0.547. The number of carbonyl (C=O) groups is 1. The first-order valence-electron chi connectivity index (χ1n) is 6.65. The summed E-state index contributed by atoms with van der Waals surface area (Å²) in [6.07, 6.45) is 6.11. The van der Waals surface area contributed by atoms with E-state index in [1.54, 1.807) is 12.3 Å². The molecule has 0 unspecified atom stereocenters. The van der Waals surface area contributed by atoms with Crippen LogP contribution < -0.4 is 5.32 Å². The van der Waals surface area contributed by atoms with Gasteiger partial charge in [-0.05, 0) is 31.9 Å². The Bertz CT molecular complexity index is 566. The Morgan fingerprint density at radius 2 is 2.26 bits per heavy atom. The first-order chi connectivity index (χ1) is 9.25. The topological polar surface area (TPSA) is 70.9 Å². The van der Waals surface area contributed by atoms with Gasteiger partial charge in [0.25, 0.3) is 5.91 Å². The van der Waals surface area contributed by atoms with Crippen molar-refractivity contribution in [3.8, 4) is 11.5 Å². The van der Waals surface area contributed by atoms with Crippen LogP contribution in [0.5, 0.6) is 0 Å². The number of amides is 1. The third-order valence-corrected chi connectivity index (χ3v) is 3.62. The summed E-state index contributed by atoms with van der Waals surface area (Å²) >= 11 is 0. The van der Waals surface area contributed by atoms with Crippen LogP contribution in [0.4, 0.5) is 0 Å². The fraction of sp³-hybridized carbons (Fsp3) is 0.429. The highest BCUT2D eigenvalue weighted by Crippen LogP contribution is 2.25. The number of aromatic nitrogens is 2. The Morgan fingerprint density at radius 3 is 2.95 bits per heavy atom. The Morgan fingerprint density at radius 1 is 1.47 bits per heavy atom. The van der Waals surface area contributed by atoms with E-state index >= 15 is 0 Å². The lowest BCUT2D eigenvalue weighted by atomic mass is 10.1. The number of H-pyrrole nitrogens is 1. The molecular formula is C14H17N3O2. The predicted molar refractivity (Wildman–Crippen MR) is 70.7 cm³/mol. The number of aryl methyl sites for hydroxylation is 1. The van der Waals surface area contributed by atoms with Gasteiger partial charge in [0, 0.05) is 11.7 Å². The van der Waals surface area contributed by atoms with Crippen LogP contribution in [0.3, 0.4) is 0 Å². The zero-order valence-electron chi connectivity index (χ0n) is 10.9. The molecule has 0 atom stereocenters. The lowest BCUT2D eigenvalue weighted by molar-refractivity contribution is 0.0938. The molecule has 2 heterocycles. The van der Waals surface area contributed by atoms with Crippen LogP contribution in [0.25, 0.3) is 11.5 Å². The van der Waals surface area contributed by atoms with Crippen LogP contribution in [0.1, 0.15) is 41.7 Å². The molecule has 1 aliphatic carbocycles. The standard InChI is InChI=1S/C14H17N3O2/c1-9-12(14(18)15-10-5-2-3-6-10)13(17-16-9)11-7-4-8-19-11/h4,7-8,10H,2-3,5-6H2,1H3,(H,15,18)(H,16,17). The lowest BCUT2D eigenvalue weighted by Crippen LogP contribution is -2.33. The molecule has 0 aliphatic heterocycles. The largest absolute Gasteiger partial charge is 0.463 e. The average molecular weight is 259 g/mol. The van der Waals surface area contributed by atoms with E-state index in [1.807, 2.05) is 13.0 Å². The zero-order valence-corrected chi connectivity index (χ0v) is 10.9. The number of furan rings is 1. The third-order valence-electron chi connectivity index (χ3n) is 3.62. The van der Waals surface area contributed by atoms with Gasteiger partial charge in [-0.15, -0.1) is 0 Å². The van der Waals surface area contributed by atoms with Crippen molar-refractivity contribution in [2.24, 2.45) is 0 Å². The molecule has 1 saturated carbocycles. The van der Waals surface area contributed by atoms with Crippen LogP contribution in [-0.4, -0.2) is 22.1 Å². The molecule has 100 valence electrons. The number of carbonyl (C=O) groups excluding carboxylic acids is 1. The molecule has 2 N–H and O–H groups in total. The molecule has 2 aromatic rings. The average Bonchev–Trinajstić information content (AvgIpc) is 3.07. The molecular weight excluding hydrogens is 242 g/mol. The quantitative estimate of drug-likeness (QED) is 0.890. The van der Waals surface area contributed by atoms with Gasteiger partial charge in [-0.3, -0.25) is 9.89 Å². The minimum atomic E-state index is -0.0652. The minimum absolute atomic E-state index is 0.0652. The normalized spacial score (nSPS) is 15.8. The molecule has 3 rings (SSSR count). The summed E-state index contributed by atoms with van der Waals surface area (Å²) in [5.41, 5.74) is 1.93. The lowest BCUT2D eigenvalue weighted by Gasteiger charge is -2.11. The molecule has 0 bridgehead atoms. The third kappa shape index (κ3) is 2.28. The van der Waals surface area contributed by atoms with Gasteiger partial charge in [0.2, 0.25) is 0 Å². The molecule has 0 aromatic carbocycles. The summed E-state index contributed by atoms with van der Waals surface area (Å²) in [7, 11) is 0. The molecule has 5 heteroatoms. The first-order valence-corrected chi connectivity index (χ1v) is 6.65. The van der Waals surface area contributed by atoms with E-state index in [1.165, 1.54) is 12.8 Å². The van der Waals surface area contributed by atoms with Gasteiger partial charge >= 0.3 is 0 Å².